The lowest BCUT2D eigenvalue weighted by Crippen LogP contribution is -1.96. The predicted octanol–water partition coefficient (Wildman–Crippen LogP) is 6.83. The van der Waals surface area contributed by atoms with Crippen molar-refractivity contribution in [1.82, 2.24) is 0 Å². The quantitative estimate of drug-likeness (QED) is 0.438. The fourth-order valence-electron chi connectivity index (χ4n) is 3.69. The number of para-hydroxylation sites is 1. The van der Waals surface area contributed by atoms with E-state index in [4.69, 9.17) is 4.74 Å². The fourth-order valence-corrected chi connectivity index (χ4v) is 4.06. The van der Waals surface area contributed by atoms with Crippen LogP contribution in [0.1, 0.15) is 35.6 Å². The van der Waals surface area contributed by atoms with Crippen molar-refractivity contribution < 1.29 is 14.6 Å². The zero-order chi connectivity index (χ0) is 21.1. The van der Waals surface area contributed by atoms with Gasteiger partial charge in [-0.2, -0.15) is 0 Å². The van der Waals surface area contributed by atoms with E-state index in [0.717, 1.165) is 49.2 Å². The summed E-state index contributed by atoms with van der Waals surface area (Å²) in [7, 11) is 0. The number of benzene rings is 3. The number of carboxylic acids is 1. The lowest BCUT2D eigenvalue weighted by molar-refractivity contribution is -0.135. The van der Waals surface area contributed by atoms with Crippen LogP contribution in [-0.2, 0) is 11.4 Å². The molecule has 1 aliphatic carbocycles. The summed E-state index contributed by atoms with van der Waals surface area (Å²) in [5.41, 5.74) is 7.18. The van der Waals surface area contributed by atoms with Gasteiger partial charge in [-0.25, -0.2) is 0 Å². The molecule has 0 bridgehead atoms. The van der Waals surface area contributed by atoms with E-state index in [1.165, 1.54) is 0 Å². The number of carboxylic acid groups (broad SMARTS) is 1. The molecule has 0 aromatic heterocycles. The average Bonchev–Trinajstić information content (AvgIpc) is 2.99. The van der Waals surface area contributed by atoms with E-state index in [-0.39, 0.29) is 6.42 Å². The zero-order valence-electron chi connectivity index (χ0n) is 16.6. The van der Waals surface area contributed by atoms with Crippen LogP contribution in [0.5, 0.6) is 5.75 Å². The van der Waals surface area contributed by atoms with Crippen molar-refractivity contribution in [2.24, 2.45) is 0 Å². The molecule has 30 heavy (non-hydrogen) atoms. The first-order valence-electron chi connectivity index (χ1n) is 9.72. The normalized spacial score (nSPS) is 14.1. The maximum atomic E-state index is 11.4. The molecule has 0 radical (unpaired) electrons. The molecule has 0 fully saturated rings. The number of ether oxygens (including phenoxy) is 1. The minimum atomic E-state index is -0.817. The minimum absolute atomic E-state index is 0.0214. The molecule has 3 nitrogen and oxygen atoms in total. The third-order valence-electron chi connectivity index (χ3n) is 5.22. The van der Waals surface area contributed by atoms with Gasteiger partial charge in [0.15, 0.2) is 0 Å². The van der Waals surface area contributed by atoms with Crippen molar-refractivity contribution in [3.05, 3.63) is 105 Å². The monoisotopic (exact) mass is 460 g/mol. The van der Waals surface area contributed by atoms with Crippen LogP contribution in [0, 0.1) is 0 Å². The maximum Gasteiger partial charge on any atom is 0.307 e. The topological polar surface area (TPSA) is 46.5 Å². The first-order valence-corrected chi connectivity index (χ1v) is 10.5. The van der Waals surface area contributed by atoms with Gasteiger partial charge in [0.05, 0.1) is 6.42 Å². The summed E-state index contributed by atoms with van der Waals surface area (Å²) in [5, 5.41) is 9.34. The van der Waals surface area contributed by atoms with Crippen molar-refractivity contribution in [3.8, 4) is 5.75 Å². The second-order valence-corrected chi connectivity index (χ2v) is 8.18. The van der Waals surface area contributed by atoms with Gasteiger partial charge in [-0.15, -0.1) is 0 Å². The molecule has 0 amide bonds. The second kappa shape index (κ2) is 8.72. The number of fused-ring (bicyclic) bond motifs is 1. The Morgan fingerprint density at radius 2 is 1.73 bits per heavy atom. The van der Waals surface area contributed by atoms with Crippen molar-refractivity contribution in [1.29, 1.82) is 0 Å². The van der Waals surface area contributed by atoms with E-state index in [9.17, 15) is 9.90 Å². The van der Waals surface area contributed by atoms with Crippen LogP contribution in [0.3, 0.4) is 0 Å². The molecule has 3 aromatic carbocycles. The molecule has 4 rings (SSSR count). The Balaban J connectivity index is 1.60. The van der Waals surface area contributed by atoms with Crippen LogP contribution < -0.4 is 4.74 Å². The summed E-state index contributed by atoms with van der Waals surface area (Å²) in [6.07, 6.45) is 2.14. The summed E-state index contributed by atoms with van der Waals surface area (Å²) >= 11 is 3.54. The summed E-state index contributed by atoms with van der Waals surface area (Å²) in [5.74, 6) is 0.0331. The lowest BCUT2D eigenvalue weighted by atomic mass is 10.0. The minimum Gasteiger partial charge on any atom is -0.489 e. The molecule has 0 spiro atoms. The van der Waals surface area contributed by atoms with Gasteiger partial charge in [-0.3, -0.25) is 4.79 Å². The van der Waals surface area contributed by atoms with Crippen LogP contribution in [0.2, 0.25) is 0 Å². The van der Waals surface area contributed by atoms with Gasteiger partial charge in [-0.05, 0) is 76.2 Å². The molecular formula is C26H21BrO3. The van der Waals surface area contributed by atoms with Crippen molar-refractivity contribution in [2.45, 2.75) is 20.0 Å². The number of carbonyl (C=O) groups is 1. The number of hydrogen-bond acceptors (Lipinski definition) is 2. The molecular weight excluding hydrogens is 440 g/mol. The smallest absolute Gasteiger partial charge is 0.307 e. The van der Waals surface area contributed by atoms with Gasteiger partial charge in [0.25, 0.3) is 0 Å². The SMILES string of the molecule is CC1=C(CC(=O)O)c2ccc(Br)cc2/C1=C\c1ccc(COc2ccccc2)cc1. The highest BCUT2D eigenvalue weighted by molar-refractivity contribution is 9.10. The number of hydrogen-bond donors (Lipinski definition) is 1. The highest BCUT2D eigenvalue weighted by Crippen LogP contribution is 2.44. The molecule has 150 valence electrons. The predicted molar refractivity (Wildman–Crippen MR) is 124 cm³/mol. The van der Waals surface area contributed by atoms with E-state index >= 15 is 0 Å². The molecule has 0 aliphatic heterocycles. The third kappa shape index (κ3) is 4.39. The number of aliphatic carboxylic acids is 1. The van der Waals surface area contributed by atoms with E-state index in [2.05, 4.69) is 52.3 Å². The second-order valence-electron chi connectivity index (χ2n) is 7.27. The largest absolute Gasteiger partial charge is 0.489 e. The summed E-state index contributed by atoms with van der Waals surface area (Å²) in [4.78, 5) is 11.4. The highest BCUT2D eigenvalue weighted by atomic mass is 79.9. The van der Waals surface area contributed by atoms with E-state index in [0.29, 0.717) is 6.61 Å². The van der Waals surface area contributed by atoms with Gasteiger partial charge in [0.2, 0.25) is 0 Å². The Labute approximate surface area is 184 Å². The Bertz CT molecular complexity index is 1140. The third-order valence-corrected chi connectivity index (χ3v) is 5.71. The summed E-state index contributed by atoms with van der Waals surface area (Å²) in [6.45, 7) is 2.51. The average molecular weight is 461 g/mol. The molecule has 0 saturated carbocycles. The van der Waals surface area contributed by atoms with Crippen LogP contribution in [0.15, 0.2) is 82.8 Å². The first kappa shape index (κ1) is 20.2. The summed E-state index contributed by atoms with van der Waals surface area (Å²) < 4.78 is 6.79. The van der Waals surface area contributed by atoms with Crippen molar-refractivity contribution in [3.63, 3.8) is 0 Å². The molecule has 0 saturated heterocycles. The molecule has 3 aromatic rings. The van der Waals surface area contributed by atoms with E-state index in [1.54, 1.807) is 0 Å². The van der Waals surface area contributed by atoms with Gasteiger partial charge in [0, 0.05) is 4.47 Å². The van der Waals surface area contributed by atoms with Gasteiger partial charge >= 0.3 is 5.97 Å². The first-order chi connectivity index (χ1) is 14.5. The Hall–Kier alpha value is -3.11. The Morgan fingerprint density at radius 1 is 1.00 bits per heavy atom. The van der Waals surface area contributed by atoms with Crippen LogP contribution in [-0.4, -0.2) is 11.1 Å². The van der Waals surface area contributed by atoms with Crippen LogP contribution >= 0.6 is 15.9 Å². The van der Waals surface area contributed by atoms with Gasteiger partial charge < -0.3 is 9.84 Å². The van der Waals surface area contributed by atoms with E-state index < -0.39 is 5.97 Å². The molecule has 4 heteroatoms. The Morgan fingerprint density at radius 3 is 2.43 bits per heavy atom. The molecule has 1 N–H and O–H groups in total. The molecule has 0 unspecified atom stereocenters. The van der Waals surface area contributed by atoms with Crippen molar-refractivity contribution in [2.75, 3.05) is 0 Å². The Kier molecular flexibility index (Phi) is 5.86. The van der Waals surface area contributed by atoms with Crippen LogP contribution in [0.25, 0.3) is 17.2 Å². The zero-order valence-corrected chi connectivity index (χ0v) is 18.1. The molecule has 1 aliphatic rings. The van der Waals surface area contributed by atoms with E-state index in [1.807, 2.05) is 49.4 Å². The molecule has 0 heterocycles. The van der Waals surface area contributed by atoms with Gasteiger partial charge in [0.1, 0.15) is 12.4 Å². The number of allylic oxidation sites excluding steroid dienone is 2. The van der Waals surface area contributed by atoms with Crippen LogP contribution in [0.4, 0.5) is 0 Å². The number of rotatable bonds is 6. The maximum absolute atomic E-state index is 11.4. The summed E-state index contributed by atoms with van der Waals surface area (Å²) in [6, 6.07) is 24.0. The highest BCUT2D eigenvalue weighted by Gasteiger charge is 2.25. The number of halogens is 1. The fraction of sp³-hybridized carbons (Fsp3) is 0.115. The molecule has 0 atom stereocenters. The van der Waals surface area contributed by atoms with Crippen molar-refractivity contribution >= 4 is 39.1 Å². The van der Waals surface area contributed by atoms with Gasteiger partial charge in [-0.1, -0.05) is 64.5 Å². The lowest BCUT2D eigenvalue weighted by Gasteiger charge is -2.07. The standard InChI is InChI=1S/C26H21BrO3/c1-17-23(25-14-20(27)11-12-22(25)24(17)15-26(28)29)13-18-7-9-19(10-8-18)16-30-21-5-3-2-4-6-21/h2-14H,15-16H2,1H3,(H,28,29)/b23-13-.